The van der Waals surface area contributed by atoms with Crippen LogP contribution in [0.1, 0.15) is 18.9 Å². The summed E-state index contributed by atoms with van der Waals surface area (Å²) in [7, 11) is 3.23. The largest absolute Gasteiger partial charge is 0.493 e. The van der Waals surface area contributed by atoms with Crippen LogP contribution in [0.15, 0.2) is 12.1 Å². The third-order valence-electron chi connectivity index (χ3n) is 2.39. The van der Waals surface area contributed by atoms with Crippen LogP contribution in [0.3, 0.4) is 0 Å². The van der Waals surface area contributed by atoms with Gasteiger partial charge in [0.1, 0.15) is 0 Å². The molecule has 2 N–H and O–H groups in total. The molecular formula is C12H18ClNO2. The van der Waals surface area contributed by atoms with Gasteiger partial charge >= 0.3 is 0 Å². The third kappa shape index (κ3) is 3.29. The van der Waals surface area contributed by atoms with Gasteiger partial charge in [-0.3, -0.25) is 0 Å². The molecule has 0 unspecified atom stereocenters. The summed E-state index contributed by atoms with van der Waals surface area (Å²) in [5.41, 5.74) is 6.77. The number of benzene rings is 1. The number of hydrogen-bond donors (Lipinski definition) is 1. The Balaban J connectivity index is 3.00. The molecule has 1 aromatic carbocycles. The van der Waals surface area contributed by atoms with Gasteiger partial charge in [-0.25, -0.2) is 0 Å². The highest BCUT2D eigenvalue weighted by atomic mass is 35.5. The predicted molar refractivity (Wildman–Crippen MR) is 66.5 cm³/mol. The zero-order chi connectivity index (χ0) is 12.1. The molecule has 0 saturated heterocycles. The van der Waals surface area contributed by atoms with Gasteiger partial charge in [-0.15, -0.1) is 0 Å². The fourth-order valence-corrected chi connectivity index (χ4v) is 1.81. The minimum Gasteiger partial charge on any atom is -0.493 e. The first-order valence-electron chi connectivity index (χ1n) is 5.24. The average Bonchev–Trinajstić information content (AvgIpc) is 2.25. The summed E-state index contributed by atoms with van der Waals surface area (Å²) in [5.74, 6) is 1.40. The SMILES string of the molecule is COc1cc(Cl)cc(CC[C@@H](C)N)c1OC. The molecule has 0 bridgehead atoms. The predicted octanol–water partition coefficient (Wildman–Crippen LogP) is 2.64. The highest BCUT2D eigenvalue weighted by Crippen LogP contribution is 2.35. The van der Waals surface area contributed by atoms with E-state index in [2.05, 4.69) is 0 Å². The number of ether oxygens (including phenoxy) is 2. The molecule has 0 radical (unpaired) electrons. The van der Waals surface area contributed by atoms with Gasteiger partial charge in [0.25, 0.3) is 0 Å². The third-order valence-corrected chi connectivity index (χ3v) is 2.61. The summed E-state index contributed by atoms with van der Waals surface area (Å²) in [4.78, 5) is 0. The zero-order valence-electron chi connectivity index (χ0n) is 9.92. The first-order valence-corrected chi connectivity index (χ1v) is 5.62. The number of rotatable bonds is 5. The van der Waals surface area contributed by atoms with Crippen LogP contribution >= 0.6 is 11.6 Å². The first-order chi connectivity index (χ1) is 7.58. The van der Waals surface area contributed by atoms with E-state index in [1.54, 1.807) is 20.3 Å². The number of methoxy groups -OCH3 is 2. The minimum atomic E-state index is 0.162. The molecule has 4 heteroatoms. The Kier molecular flexibility index (Phi) is 4.90. The standard InChI is InChI=1S/C12H18ClNO2/c1-8(14)4-5-9-6-10(13)7-11(15-2)12(9)16-3/h6-8H,4-5,14H2,1-3H3/t8-/m1/s1. The molecule has 90 valence electrons. The fourth-order valence-electron chi connectivity index (χ4n) is 1.57. The lowest BCUT2D eigenvalue weighted by atomic mass is 10.1. The Morgan fingerprint density at radius 1 is 1.31 bits per heavy atom. The van der Waals surface area contributed by atoms with Crippen LogP contribution in [-0.2, 0) is 6.42 Å². The normalized spacial score (nSPS) is 12.3. The maximum Gasteiger partial charge on any atom is 0.163 e. The maximum absolute atomic E-state index is 6.01. The minimum absolute atomic E-state index is 0.162. The van der Waals surface area contributed by atoms with Crippen LogP contribution < -0.4 is 15.2 Å². The molecule has 0 aliphatic carbocycles. The van der Waals surface area contributed by atoms with E-state index < -0.39 is 0 Å². The van der Waals surface area contributed by atoms with Crippen molar-refractivity contribution in [1.82, 2.24) is 0 Å². The highest BCUT2D eigenvalue weighted by molar-refractivity contribution is 6.30. The van der Waals surface area contributed by atoms with E-state index in [4.69, 9.17) is 26.8 Å². The first kappa shape index (κ1) is 13.1. The molecule has 16 heavy (non-hydrogen) atoms. The van der Waals surface area contributed by atoms with E-state index in [0.29, 0.717) is 10.8 Å². The van der Waals surface area contributed by atoms with E-state index in [9.17, 15) is 0 Å². The van der Waals surface area contributed by atoms with Crippen molar-refractivity contribution in [3.05, 3.63) is 22.7 Å². The molecule has 1 atom stereocenters. The van der Waals surface area contributed by atoms with E-state index >= 15 is 0 Å². The van der Waals surface area contributed by atoms with Gasteiger partial charge in [0.05, 0.1) is 14.2 Å². The maximum atomic E-state index is 6.01. The highest BCUT2D eigenvalue weighted by Gasteiger charge is 2.12. The topological polar surface area (TPSA) is 44.5 Å². The number of nitrogens with two attached hydrogens (primary N) is 1. The number of hydrogen-bond acceptors (Lipinski definition) is 3. The van der Waals surface area contributed by atoms with Gasteiger partial charge < -0.3 is 15.2 Å². The van der Waals surface area contributed by atoms with Crippen molar-refractivity contribution in [2.45, 2.75) is 25.8 Å². The molecule has 0 heterocycles. The molecule has 0 saturated carbocycles. The molecule has 0 amide bonds. The summed E-state index contributed by atoms with van der Waals surface area (Å²) in [6.07, 6.45) is 1.72. The number of aryl methyl sites for hydroxylation is 1. The molecule has 0 aliphatic rings. The molecule has 0 fully saturated rings. The van der Waals surface area contributed by atoms with E-state index in [0.717, 1.165) is 24.2 Å². The van der Waals surface area contributed by atoms with Crippen LogP contribution in [0.4, 0.5) is 0 Å². The smallest absolute Gasteiger partial charge is 0.163 e. The summed E-state index contributed by atoms with van der Waals surface area (Å²) < 4.78 is 10.6. The van der Waals surface area contributed by atoms with Crippen LogP contribution in [0.2, 0.25) is 5.02 Å². The second-order valence-corrected chi connectivity index (χ2v) is 4.25. The van der Waals surface area contributed by atoms with E-state index in [-0.39, 0.29) is 6.04 Å². The Bertz CT molecular complexity index is 353. The molecule has 1 aromatic rings. The number of halogens is 1. The summed E-state index contributed by atoms with van der Waals surface area (Å²) in [5, 5.41) is 0.650. The second kappa shape index (κ2) is 5.97. The Morgan fingerprint density at radius 3 is 2.50 bits per heavy atom. The zero-order valence-corrected chi connectivity index (χ0v) is 10.7. The van der Waals surface area contributed by atoms with Crippen molar-refractivity contribution in [1.29, 1.82) is 0 Å². The molecule has 0 spiro atoms. The van der Waals surface area contributed by atoms with Crippen molar-refractivity contribution >= 4 is 11.6 Å². The average molecular weight is 244 g/mol. The van der Waals surface area contributed by atoms with E-state index in [1.807, 2.05) is 13.0 Å². The second-order valence-electron chi connectivity index (χ2n) is 3.82. The van der Waals surface area contributed by atoms with Gasteiger partial charge in [0.2, 0.25) is 0 Å². The van der Waals surface area contributed by atoms with Crippen molar-refractivity contribution in [3.63, 3.8) is 0 Å². The van der Waals surface area contributed by atoms with Gasteiger partial charge in [-0.1, -0.05) is 11.6 Å². The van der Waals surface area contributed by atoms with Gasteiger partial charge in [0.15, 0.2) is 11.5 Å². The van der Waals surface area contributed by atoms with Crippen LogP contribution in [-0.4, -0.2) is 20.3 Å². The van der Waals surface area contributed by atoms with Gasteiger partial charge in [-0.2, -0.15) is 0 Å². The van der Waals surface area contributed by atoms with Crippen molar-refractivity contribution in [2.75, 3.05) is 14.2 Å². The monoisotopic (exact) mass is 243 g/mol. The molecule has 1 rings (SSSR count). The van der Waals surface area contributed by atoms with Crippen LogP contribution in [0.5, 0.6) is 11.5 Å². The molecular weight excluding hydrogens is 226 g/mol. The summed E-state index contributed by atoms with van der Waals surface area (Å²) in [6.45, 7) is 1.98. The Morgan fingerprint density at radius 2 is 2.00 bits per heavy atom. The van der Waals surface area contributed by atoms with Crippen molar-refractivity contribution in [2.24, 2.45) is 5.73 Å². The van der Waals surface area contributed by atoms with Crippen LogP contribution in [0.25, 0.3) is 0 Å². The molecule has 0 aromatic heterocycles. The Hall–Kier alpha value is -0.930. The van der Waals surface area contributed by atoms with Gasteiger partial charge in [0, 0.05) is 17.1 Å². The quantitative estimate of drug-likeness (QED) is 0.865. The summed E-state index contributed by atoms with van der Waals surface area (Å²) >= 11 is 6.01. The molecule has 3 nitrogen and oxygen atoms in total. The fraction of sp³-hybridized carbons (Fsp3) is 0.500. The van der Waals surface area contributed by atoms with Gasteiger partial charge in [-0.05, 0) is 31.4 Å². The summed E-state index contributed by atoms with van der Waals surface area (Å²) in [6, 6.07) is 3.80. The molecule has 0 aliphatic heterocycles. The lowest BCUT2D eigenvalue weighted by molar-refractivity contribution is 0.351. The van der Waals surface area contributed by atoms with Crippen LogP contribution in [0, 0.1) is 0 Å². The van der Waals surface area contributed by atoms with E-state index in [1.165, 1.54) is 0 Å². The van der Waals surface area contributed by atoms with Crippen molar-refractivity contribution < 1.29 is 9.47 Å². The van der Waals surface area contributed by atoms with Crippen molar-refractivity contribution in [3.8, 4) is 11.5 Å². The Labute approximate surface area is 101 Å². The lowest BCUT2D eigenvalue weighted by Crippen LogP contribution is -2.15. The lowest BCUT2D eigenvalue weighted by Gasteiger charge is -2.14.